The van der Waals surface area contributed by atoms with Crippen LogP contribution in [0.4, 0.5) is 0 Å². The van der Waals surface area contributed by atoms with Crippen LogP contribution in [0.3, 0.4) is 0 Å². The normalized spacial score (nSPS) is 12.2. The zero-order chi connectivity index (χ0) is 23.4. The van der Waals surface area contributed by atoms with Gasteiger partial charge in [0.05, 0.1) is 11.6 Å². The molecule has 0 radical (unpaired) electrons. The van der Waals surface area contributed by atoms with E-state index >= 15 is 0 Å². The Kier molecular flexibility index (Phi) is 6.65. The van der Waals surface area contributed by atoms with Gasteiger partial charge in [0.15, 0.2) is 5.82 Å². The molecular weight excluding hydrogens is 416 g/mol. The van der Waals surface area contributed by atoms with Crippen LogP contribution in [0, 0.1) is 6.92 Å². The minimum Gasteiger partial charge on any atom is -0.492 e. The number of carbonyl (C=O) groups is 1. The van der Waals surface area contributed by atoms with Crippen molar-refractivity contribution in [2.75, 3.05) is 27.2 Å². The molecule has 1 atom stereocenters. The molecule has 1 N–H and O–H groups in total. The Balaban J connectivity index is 1.60. The third-order valence-corrected chi connectivity index (χ3v) is 5.46. The van der Waals surface area contributed by atoms with E-state index < -0.39 is 0 Å². The highest BCUT2D eigenvalue weighted by Gasteiger charge is 2.18. The molecule has 33 heavy (non-hydrogen) atoms. The molecule has 1 amide bonds. The van der Waals surface area contributed by atoms with Gasteiger partial charge < -0.3 is 15.0 Å². The molecule has 8 heteroatoms. The van der Waals surface area contributed by atoms with Crippen molar-refractivity contribution in [1.29, 1.82) is 0 Å². The molecule has 0 aliphatic heterocycles. The fraction of sp³-hybridized carbons (Fsp3) is 0.280. The van der Waals surface area contributed by atoms with Gasteiger partial charge in [-0.3, -0.25) is 4.79 Å². The third-order valence-electron chi connectivity index (χ3n) is 5.46. The van der Waals surface area contributed by atoms with Crippen LogP contribution in [0.25, 0.3) is 16.7 Å². The average molecular weight is 445 g/mol. The lowest BCUT2D eigenvalue weighted by atomic mass is 10.0. The Labute approximate surface area is 193 Å². The molecule has 0 fully saturated rings. The molecule has 4 rings (SSSR count). The van der Waals surface area contributed by atoms with Crippen LogP contribution in [0.15, 0.2) is 61.2 Å². The average Bonchev–Trinajstić information content (AvgIpc) is 3.34. The van der Waals surface area contributed by atoms with Crippen molar-refractivity contribution in [3.8, 4) is 11.6 Å². The van der Waals surface area contributed by atoms with Gasteiger partial charge in [0.1, 0.15) is 25.0 Å². The highest BCUT2D eigenvalue weighted by atomic mass is 16.5. The number of hydrogen-bond donors (Lipinski definition) is 1. The van der Waals surface area contributed by atoms with Gasteiger partial charge in [0.2, 0.25) is 0 Å². The van der Waals surface area contributed by atoms with Crippen molar-refractivity contribution >= 4 is 16.8 Å². The first kappa shape index (κ1) is 22.4. The molecule has 2 heterocycles. The molecule has 170 valence electrons. The number of rotatable bonds is 8. The summed E-state index contributed by atoms with van der Waals surface area (Å²) in [6.07, 6.45) is 3.08. The number of aryl methyl sites for hydroxylation is 1. The van der Waals surface area contributed by atoms with E-state index in [1.54, 1.807) is 17.1 Å². The van der Waals surface area contributed by atoms with Gasteiger partial charge in [0.25, 0.3) is 5.91 Å². The summed E-state index contributed by atoms with van der Waals surface area (Å²) in [5, 5.41) is 8.32. The van der Waals surface area contributed by atoms with Crippen LogP contribution in [0.1, 0.15) is 34.5 Å². The first-order chi connectivity index (χ1) is 15.9. The Morgan fingerprint density at radius 2 is 2.00 bits per heavy atom. The number of amides is 1. The van der Waals surface area contributed by atoms with E-state index in [4.69, 9.17) is 9.72 Å². The van der Waals surface area contributed by atoms with E-state index in [-0.39, 0.29) is 11.9 Å². The monoisotopic (exact) mass is 444 g/mol. The molecule has 0 aliphatic carbocycles. The Bertz CT molecular complexity index is 1250. The Morgan fingerprint density at radius 3 is 2.76 bits per heavy atom. The predicted octanol–water partition coefficient (Wildman–Crippen LogP) is 3.56. The summed E-state index contributed by atoms with van der Waals surface area (Å²) in [7, 11) is 3.99. The van der Waals surface area contributed by atoms with Gasteiger partial charge in [-0.05, 0) is 63.3 Å². The molecule has 0 saturated carbocycles. The van der Waals surface area contributed by atoms with E-state index in [0.29, 0.717) is 23.7 Å². The number of fused-ring (bicyclic) bond motifs is 1. The molecule has 0 spiro atoms. The Hall–Kier alpha value is -3.78. The van der Waals surface area contributed by atoms with E-state index in [1.165, 1.54) is 6.33 Å². The first-order valence-electron chi connectivity index (χ1n) is 10.9. The van der Waals surface area contributed by atoms with Gasteiger partial charge in [-0.2, -0.15) is 5.10 Å². The number of nitrogens with zero attached hydrogens (tertiary/aromatic N) is 5. The number of benzene rings is 2. The van der Waals surface area contributed by atoms with Crippen LogP contribution in [0.5, 0.6) is 5.75 Å². The van der Waals surface area contributed by atoms with E-state index in [2.05, 4.69) is 20.3 Å². The summed E-state index contributed by atoms with van der Waals surface area (Å²) in [6, 6.07) is 15.2. The lowest BCUT2D eigenvalue weighted by Gasteiger charge is -2.19. The van der Waals surface area contributed by atoms with Gasteiger partial charge in [0, 0.05) is 17.5 Å². The van der Waals surface area contributed by atoms with E-state index in [9.17, 15) is 4.79 Å². The summed E-state index contributed by atoms with van der Waals surface area (Å²) in [5.41, 5.74) is 3.27. The maximum absolute atomic E-state index is 13.2. The fourth-order valence-electron chi connectivity index (χ4n) is 3.62. The van der Waals surface area contributed by atoms with Gasteiger partial charge in [-0.15, -0.1) is 0 Å². The maximum Gasteiger partial charge on any atom is 0.252 e. The van der Waals surface area contributed by atoms with Crippen molar-refractivity contribution in [3.05, 3.63) is 77.9 Å². The number of carbonyl (C=O) groups excluding carboxylic acids is 1. The number of ether oxygens (including phenoxy) is 1. The number of hydrogen-bond acceptors (Lipinski definition) is 6. The summed E-state index contributed by atoms with van der Waals surface area (Å²) < 4.78 is 7.44. The fourth-order valence-corrected chi connectivity index (χ4v) is 3.62. The standard InChI is InChI=1S/C25H28N6O2/c1-17-9-10-19(33-12-11-30(3)4)13-21(17)25(32)28-18(2)22-14-24(31-16-26-15-27-31)29-23-8-6-5-7-20(22)23/h5-10,13-16,18H,11-12H2,1-4H3,(H,28,32). The van der Waals surface area contributed by atoms with Gasteiger partial charge in [-0.25, -0.2) is 14.6 Å². The van der Waals surface area contributed by atoms with Crippen LogP contribution in [0.2, 0.25) is 0 Å². The smallest absolute Gasteiger partial charge is 0.252 e. The molecule has 0 saturated heterocycles. The summed E-state index contributed by atoms with van der Waals surface area (Å²) in [5.74, 6) is 1.18. The van der Waals surface area contributed by atoms with Crippen molar-refractivity contribution in [2.24, 2.45) is 0 Å². The third kappa shape index (κ3) is 5.18. The molecule has 1 unspecified atom stereocenters. The van der Waals surface area contributed by atoms with Crippen LogP contribution < -0.4 is 10.1 Å². The molecule has 0 bridgehead atoms. The van der Waals surface area contributed by atoms with Gasteiger partial charge in [-0.1, -0.05) is 24.3 Å². The highest BCUT2D eigenvalue weighted by Crippen LogP contribution is 2.26. The topological polar surface area (TPSA) is 85.2 Å². The summed E-state index contributed by atoms with van der Waals surface area (Å²) >= 11 is 0. The van der Waals surface area contributed by atoms with Crippen molar-refractivity contribution in [1.82, 2.24) is 30.0 Å². The second kappa shape index (κ2) is 9.79. The summed E-state index contributed by atoms with van der Waals surface area (Å²) in [4.78, 5) is 24.0. The number of para-hydroxylation sites is 1. The lowest BCUT2D eigenvalue weighted by Crippen LogP contribution is -2.27. The summed E-state index contributed by atoms with van der Waals surface area (Å²) in [6.45, 7) is 5.25. The van der Waals surface area contributed by atoms with Crippen molar-refractivity contribution in [3.63, 3.8) is 0 Å². The van der Waals surface area contributed by atoms with Crippen LogP contribution >= 0.6 is 0 Å². The van der Waals surface area contributed by atoms with Gasteiger partial charge >= 0.3 is 0 Å². The molecule has 0 aliphatic rings. The predicted molar refractivity (Wildman–Crippen MR) is 128 cm³/mol. The molecular formula is C25H28N6O2. The number of likely N-dealkylation sites (N-methyl/N-ethyl adjacent to an activating group) is 1. The van der Waals surface area contributed by atoms with Crippen molar-refractivity contribution in [2.45, 2.75) is 19.9 Å². The largest absolute Gasteiger partial charge is 0.492 e. The van der Waals surface area contributed by atoms with E-state index in [1.807, 2.05) is 70.4 Å². The number of nitrogens with one attached hydrogen (secondary N) is 1. The SMILES string of the molecule is Cc1ccc(OCCN(C)C)cc1C(=O)NC(C)c1cc(-n2cncn2)nc2ccccc12. The molecule has 2 aromatic carbocycles. The zero-order valence-electron chi connectivity index (χ0n) is 19.3. The molecule has 8 nitrogen and oxygen atoms in total. The zero-order valence-corrected chi connectivity index (χ0v) is 19.3. The van der Waals surface area contributed by atoms with Crippen molar-refractivity contribution < 1.29 is 9.53 Å². The van der Waals surface area contributed by atoms with E-state index in [0.717, 1.165) is 28.6 Å². The highest BCUT2D eigenvalue weighted by molar-refractivity contribution is 5.96. The molecule has 2 aromatic heterocycles. The van der Waals surface area contributed by atoms with Crippen LogP contribution in [-0.2, 0) is 0 Å². The minimum atomic E-state index is -0.259. The van der Waals surface area contributed by atoms with Crippen LogP contribution in [-0.4, -0.2) is 57.8 Å². The lowest BCUT2D eigenvalue weighted by molar-refractivity contribution is 0.0939. The quantitative estimate of drug-likeness (QED) is 0.447. The Morgan fingerprint density at radius 1 is 1.18 bits per heavy atom. The number of aromatic nitrogens is 4. The molecule has 4 aromatic rings. The maximum atomic E-state index is 13.2. The minimum absolute atomic E-state index is 0.152. The first-order valence-corrected chi connectivity index (χ1v) is 10.9. The second-order valence-electron chi connectivity index (χ2n) is 8.25. The second-order valence-corrected chi connectivity index (χ2v) is 8.25. The number of pyridine rings is 1.